The Bertz CT molecular complexity index is 406. The molecular formula is C16H26N2O3. The molecule has 0 aromatic heterocycles. The van der Waals surface area contributed by atoms with E-state index in [2.05, 4.69) is 0 Å². The number of ether oxygens (including phenoxy) is 1. The molecule has 2 amide bonds. The van der Waals surface area contributed by atoms with E-state index in [1.165, 1.54) is 32.8 Å². The zero-order valence-electron chi connectivity index (χ0n) is 12.9. The number of fused-ring (bicyclic) bond motifs is 2. The molecule has 1 aliphatic carbocycles. The fraction of sp³-hybridized carbons (Fsp3) is 0.875. The molecule has 2 atom stereocenters. The van der Waals surface area contributed by atoms with Crippen molar-refractivity contribution in [1.82, 2.24) is 9.80 Å². The van der Waals surface area contributed by atoms with Gasteiger partial charge in [-0.15, -0.1) is 0 Å². The summed E-state index contributed by atoms with van der Waals surface area (Å²) in [4.78, 5) is 28.7. The molecule has 21 heavy (non-hydrogen) atoms. The number of rotatable bonds is 4. The van der Waals surface area contributed by atoms with Gasteiger partial charge in [-0.3, -0.25) is 9.59 Å². The maximum absolute atomic E-state index is 12.7. The highest BCUT2D eigenvalue weighted by Gasteiger charge is 2.43. The summed E-state index contributed by atoms with van der Waals surface area (Å²) in [7, 11) is 1.53. The van der Waals surface area contributed by atoms with Crippen LogP contribution in [0.15, 0.2) is 0 Å². The Morgan fingerprint density at radius 1 is 1.29 bits per heavy atom. The number of likely N-dealkylation sites (tertiary alicyclic amines) is 2. The van der Waals surface area contributed by atoms with Crippen molar-refractivity contribution in [3.63, 3.8) is 0 Å². The van der Waals surface area contributed by atoms with Gasteiger partial charge in [0.15, 0.2) is 0 Å². The Kier molecular flexibility index (Phi) is 4.48. The lowest BCUT2D eigenvalue weighted by atomic mass is 9.85. The lowest BCUT2D eigenvalue weighted by Gasteiger charge is -2.46. The molecule has 3 aliphatic rings. The first-order chi connectivity index (χ1) is 10.2. The van der Waals surface area contributed by atoms with E-state index in [1.807, 2.05) is 4.90 Å². The highest BCUT2D eigenvalue weighted by atomic mass is 16.5. The molecule has 0 unspecified atom stereocenters. The number of nitrogens with zero attached hydrogens (tertiary/aromatic N) is 2. The van der Waals surface area contributed by atoms with Crippen molar-refractivity contribution in [2.24, 2.45) is 11.8 Å². The molecule has 0 spiro atoms. The Morgan fingerprint density at radius 2 is 2.05 bits per heavy atom. The third-order valence-electron chi connectivity index (χ3n) is 5.33. The van der Waals surface area contributed by atoms with Gasteiger partial charge in [-0.2, -0.15) is 0 Å². The standard InChI is InChI=1S/C16H26N2O3/c1-21-11-15(19)18-7-6-13-8-14(18)16(20)17(10-13)9-12-4-2-3-5-12/h12-14H,2-11H2,1H3/t13-,14+/m0/s1. The first kappa shape index (κ1) is 14.8. The third-order valence-corrected chi connectivity index (χ3v) is 5.33. The van der Waals surface area contributed by atoms with E-state index >= 15 is 0 Å². The minimum atomic E-state index is -0.235. The van der Waals surface area contributed by atoms with Gasteiger partial charge in [0.1, 0.15) is 12.6 Å². The summed E-state index contributed by atoms with van der Waals surface area (Å²) in [6.45, 7) is 2.59. The quantitative estimate of drug-likeness (QED) is 0.784. The largest absolute Gasteiger partial charge is 0.375 e. The van der Waals surface area contributed by atoms with Crippen LogP contribution in [0, 0.1) is 11.8 Å². The van der Waals surface area contributed by atoms with Crippen LogP contribution in [0.3, 0.4) is 0 Å². The highest BCUT2D eigenvalue weighted by Crippen LogP contribution is 2.32. The highest BCUT2D eigenvalue weighted by molar-refractivity contribution is 5.89. The Balaban J connectivity index is 1.67. The zero-order chi connectivity index (χ0) is 14.8. The van der Waals surface area contributed by atoms with Crippen LogP contribution < -0.4 is 0 Å². The fourth-order valence-electron chi connectivity index (χ4n) is 4.22. The van der Waals surface area contributed by atoms with Gasteiger partial charge < -0.3 is 14.5 Å². The molecule has 0 N–H and O–H groups in total. The molecule has 5 heteroatoms. The smallest absolute Gasteiger partial charge is 0.249 e. The second-order valence-corrected chi connectivity index (χ2v) is 6.82. The summed E-state index contributed by atoms with van der Waals surface area (Å²) in [6, 6.07) is -0.235. The van der Waals surface area contributed by atoms with Crippen molar-refractivity contribution in [3.8, 4) is 0 Å². The normalized spacial score (nSPS) is 30.0. The molecular weight excluding hydrogens is 268 g/mol. The summed E-state index contributed by atoms with van der Waals surface area (Å²) < 4.78 is 4.95. The number of carbonyl (C=O) groups excluding carboxylic acids is 2. The van der Waals surface area contributed by atoms with Gasteiger partial charge in [-0.1, -0.05) is 12.8 Å². The lowest BCUT2D eigenvalue weighted by Crippen LogP contribution is -2.61. The number of piperidine rings is 2. The molecule has 2 saturated heterocycles. The zero-order valence-corrected chi connectivity index (χ0v) is 12.9. The van der Waals surface area contributed by atoms with E-state index in [1.54, 1.807) is 4.90 Å². The van der Waals surface area contributed by atoms with Gasteiger partial charge in [0.25, 0.3) is 0 Å². The average Bonchev–Trinajstić information content (AvgIpc) is 2.98. The predicted molar refractivity (Wildman–Crippen MR) is 78.6 cm³/mol. The summed E-state index contributed by atoms with van der Waals surface area (Å²) in [5.41, 5.74) is 0. The topological polar surface area (TPSA) is 49.9 Å². The van der Waals surface area contributed by atoms with Crippen molar-refractivity contribution >= 4 is 11.8 Å². The molecule has 2 heterocycles. The van der Waals surface area contributed by atoms with E-state index in [-0.39, 0.29) is 24.5 Å². The van der Waals surface area contributed by atoms with E-state index in [0.29, 0.717) is 18.4 Å². The van der Waals surface area contributed by atoms with E-state index in [9.17, 15) is 9.59 Å². The molecule has 5 nitrogen and oxygen atoms in total. The molecule has 3 fully saturated rings. The summed E-state index contributed by atoms with van der Waals surface area (Å²) in [6.07, 6.45) is 6.97. The van der Waals surface area contributed by atoms with Crippen LogP contribution in [0.5, 0.6) is 0 Å². The van der Waals surface area contributed by atoms with Crippen LogP contribution in [0.1, 0.15) is 38.5 Å². The van der Waals surface area contributed by atoms with Crippen molar-refractivity contribution in [2.75, 3.05) is 33.4 Å². The predicted octanol–water partition coefficient (Wildman–Crippen LogP) is 1.27. The van der Waals surface area contributed by atoms with E-state index in [4.69, 9.17) is 4.74 Å². The molecule has 118 valence electrons. The van der Waals surface area contributed by atoms with Gasteiger partial charge in [0.05, 0.1) is 0 Å². The molecule has 2 bridgehead atoms. The van der Waals surface area contributed by atoms with Crippen molar-refractivity contribution in [3.05, 3.63) is 0 Å². The molecule has 3 rings (SSSR count). The minimum Gasteiger partial charge on any atom is -0.375 e. The molecule has 1 saturated carbocycles. The first-order valence-electron chi connectivity index (χ1n) is 8.26. The molecule has 0 aromatic carbocycles. The molecule has 0 aromatic rings. The second-order valence-electron chi connectivity index (χ2n) is 6.82. The minimum absolute atomic E-state index is 0.0444. The monoisotopic (exact) mass is 294 g/mol. The Labute approximate surface area is 126 Å². The Hall–Kier alpha value is -1.10. The number of methoxy groups -OCH3 is 1. The van der Waals surface area contributed by atoms with Crippen LogP contribution >= 0.6 is 0 Å². The summed E-state index contributed by atoms with van der Waals surface area (Å²) >= 11 is 0. The van der Waals surface area contributed by atoms with Gasteiger partial charge in [0.2, 0.25) is 11.8 Å². The second kappa shape index (κ2) is 6.34. The number of hydrogen-bond donors (Lipinski definition) is 0. The van der Waals surface area contributed by atoms with Gasteiger partial charge in [-0.05, 0) is 37.5 Å². The number of hydrogen-bond acceptors (Lipinski definition) is 3. The van der Waals surface area contributed by atoms with Crippen LogP contribution in [0.2, 0.25) is 0 Å². The van der Waals surface area contributed by atoms with Crippen LogP contribution in [-0.2, 0) is 14.3 Å². The summed E-state index contributed by atoms with van der Waals surface area (Å²) in [5.74, 6) is 1.37. The van der Waals surface area contributed by atoms with E-state index in [0.717, 1.165) is 25.9 Å². The third kappa shape index (κ3) is 3.07. The number of carbonyl (C=O) groups is 2. The Morgan fingerprint density at radius 3 is 2.76 bits per heavy atom. The molecule has 0 radical (unpaired) electrons. The van der Waals surface area contributed by atoms with Crippen molar-refractivity contribution < 1.29 is 14.3 Å². The number of amides is 2. The maximum Gasteiger partial charge on any atom is 0.249 e. The van der Waals surface area contributed by atoms with E-state index < -0.39 is 0 Å². The fourth-order valence-corrected chi connectivity index (χ4v) is 4.22. The lowest BCUT2D eigenvalue weighted by molar-refractivity contribution is -0.156. The average molecular weight is 294 g/mol. The van der Waals surface area contributed by atoms with Crippen molar-refractivity contribution in [2.45, 2.75) is 44.6 Å². The van der Waals surface area contributed by atoms with Crippen LogP contribution in [0.25, 0.3) is 0 Å². The SMILES string of the molecule is COCC(=O)N1CC[C@H]2C[C@@H]1C(=O)N(CC1CCCC1)C2. The van der Waals surface area contributed by atoms with Crippen LogP contribution in [0.4, 0.5) is 0 Å². The maximum atomic E-state index is 12.7. The van der Waals surface area contributed by atoms with Gasteiger partial charge >= 0.3 is 0 Å². The molecule has 2 aliphatic heterocycles. The van der Waals surface area contributed by atoms with Crippen LogP contribution in [-0.4, -0.2) is 61.0 Å². The first-order valence-corrected chi connectivity index (χ1v) is 8.26. The van der Waals surface area contributed by atoms with Gasteiger partial charge in [-0.25, -0.2) is 0 Å². The summed E-state index contributed by atoms with van der Waals surface area (Å²) in [5, 5.41) is 0. The van der Waals surface area contributed by atoms with Gasteiger partial charge in [0, 0.05) is 26.7 Å². The van der Waals surface area contributed by atoms with Crippen molar-refractivity contribution in [1.29, 1.82) is 0 Å².